The maximum atomic E-state index is 12.5. The summed E-state index contributed by atoms with van der Waals surface area (Å²) in [5, 5.41) is 18.8. The average molecular weight is 265 g/mol. The van der Waals surface area contributed by atoms with Crippen molar-refractivity contribution >= 4 is 5.91 Å². The molecule has 2 fully saturated rings. The second-order valence-corrected chi connectivity index (χ2v) is 6.18. The van der Waals surface area contributed by atoms with Gasteiger partial charge in [-0.15, -0.1) is 0 Å². The van der Waals surface area contributed by atoms with E-state index in [1.807, 2.05) is 6.92 Å². The molecule has 1 saturated heterocycles. The minimum atomic E-state index is -0.679. The number of amides is 1. The fourth-order valence-corrected chi connectivity index (χ4v) is 3.50. The second-order valence-electron chi connectivity index (χ2n) is 6.18. The SMILES string of the molecule is CC1C[C@@H](C#N)N(C(=O)C(N)C2(CO)CCCC2)C1. The lowest BCUT2D eigenvalue weighted by molar-refractivity contribution is -0.136. The molecule has 1 heterocycles. The van der Waals surface area contributed by atoms with Crippen molar-refractivity contribution in [1.29, 1.82) is 5.26 Å². The van der Waals surface area contributed by atoms with Gasteiger partial charge in [0, 0.05) is 12.0 Å². The first-order valence-corrected chi connectivity index (χ1v) is 7.10. The van der Waals surface area contributed by atoms with Gasteiger partial charge in [0.15, 0.2) is 0 Å². The molecule has 5 heteroatoms. The molecule has 2 unspecified atom stereocenters. The minimum Gasteiger partial charge on any atom is -0.396 e. The summed E-state index contributed by atoms with van der Waals surface area (Å²) in [7, 11) is 0. The van der Waals surface area contributed by atoms with Crippen LogP contribution in [0, 0.1) is 22.7 Å². The van der Waals surface area contributed by atoms with E-state index in [9.17, 15) is 9.90 Å². The predicted molar refractivity (Wildman–Crippen MR) is 70.9 cm³/mol. The lowest BCUT2D eigenvalue weighted by Crippen LogP contribution is -2.55. The first kappa shape index (κ1) is 14.3. The van der Waals surface area contributed by atoms with Crippen LogP contribution in [0.3, 0.4) is 0 Å². The fraction of sp³-hybridized carbons (Fsp3) is 0.857. The summed E-state index contributed by atoms with van der Waals surface area (Å²) >= 11 is 0. The third-order valence-corrected chi connectivity index (χ3v) is 4.78. The first-order chi connectivity index (χ1) is 9.04. The fourth-order valence-electron chi connectivity index (χ4n) is 3.50. The number of hydrogen-bond acceptors (Lipinski definition) is 4. The Bertz CT molecular complexity index is 385. The highest BCUT2D eigenvalue weighted by Gasteiger charge is 2.46. The zero-order valence-electron chi connectivity index (χ0n) is 11.5. The summed E-state index contributed by atoms with van der Waals surface area (Å²) in [4.78, 5) is 14.2. The molecular formula is C14H23N3O2. The van der Waals surface area contributed by atoms with Crippen molar-refractivity contribution in [3.8, 4) is 6.07 Å². The van der Waals surface area contributed by atoms with Gasteiger partial charge in [-0.2, -0.15) is 5.26 Å². The molecule has 1 saturated carbocycles. The number of nitrogens with two attached hydrogens (primary N) is 1. The molecule has 5 nitrogen and oxygen atoms in total. The van der Waals surface area contributed by atoms with Crippen molar-refractivity contribution in [1.82, 2.24) is 4.90 Å². The van der Waals surface area contributed by atoms with Crippen molar-refractivity contribution < 1.29 is 9.90 Å². The van der Waals surface area contributed by atoms with Gasteiger partial charge in [0.25, 0.3) is 0 Å². The smallest absolute Gasteiger partial charge is 0.241 e. The molecule has 0 aromatic carbocycles. The molecule has 0 aromatic rings. The molecule has 2 rings (SSSR count). The molecule has 0 bridgehead atoms. The van der Waals surface area contributed by atoms with Crippen molar-refractivity contribution in [3.05, 3.63) is 0 Å². The van der Waals surface area contributed by atoms with Crippen molar-refractivity contribution in [2.24, 2.45) is 17.1 Å². The Hall–Kier alpha value is -1.12. The highest BCUT2D eigenvalue weighted by atomic mass is 16.3. The summed E-state index contributed by atoms with van der Waals surface area (Å²) in [6, 6.07) is 1.15. The van der Waals surface area contributed by atoms with Gasteiger partial charge < -0.3 is 15.7 Å². The maximum Gasteiger partial charge on any atom is 0.241 e. The van der Waals surface area contributed by atoms with E-state index in [1.54, 1.807) is 4.90 Å². The van der Waals surface area contributed by atoms with Crippen LogP contribution < -0.4 is 5.73 Å². The van der Waals surface area contributed by atoms with Crippen LogP contribution in [-0.2, 0) is 4.79 Å². The van der Waals surface area contributed by atoms with Gasteiger partial charge in [0.05, 0.1) is 18.7 Å². The summed E-state index contributed by atoms with van der Waals surface area (Å²) in [5.41, 5.74) is 5.68. The molecule has 1 amide bonds. The van der Waals surface area contributed by atoms with E-state index in [-0.39, 0.29) is 18.6 Å². The number of likely N-dealkylation sites (tertiary alicyclic amines) is 1. The third kappa shape index (κ3) is 2.47. The van der Waals surface area contributed by atoms with Crippen LogP contribution in [0.2, 0.25) is 0 Å². The molecule has 0 radical (unpaired) electrons. The minimum absolute atomic E-state index is 0.0412. The zero-order valence-corrected chi connectivity index (χ0v) is 11.5. The van der Waals surface area contributed by atoms with Crippen molar-refractivity contribution in [2.75, 3.05) is 13.2 Å². The van der Waals surface area contributed by atoms with E-state index < -0.39 is 11.5 Å². The van der Waals surface area contributed by atoms with Crippen LogP contribution in [-0.4, -0.2) is 41.1 Å². The Morgan fingerprint density at radius 2 is 2.21 bits per heavy atom. The molecule has 1 aliphatic carbocycles. The molecule has 1 aliphatic heterocycles. The lowest BCUT2D eigenvalue weighted by atomic mass is 9.79. The van der Waals surface area contributed by atoms with Crippen molar-refractivity contribution in [3.63, 3.8) is 0 Å². The highest BCUT2D eigenvalue weighted by molar-refractivity contribution is 5.83. The predicted octanol–water partition coefficient (Wildman–Crippen LogP) is 0.627. The van der Waals surface area contributed by atoms with Gasteiger partial charge in [-0.25, -0.2) is 0 Å². The van der Waals surface area contributed by atoms with Crippen LogP contribution in [0.4, 0.5) is 0 Å². The lowest BCUT2D eigenvalue weighted by Gasteiger charge is -2.35. The van der Waals surface area contributed by atoms with E-state index in [1.165, 1.54) is 0 Å². The quantitative estimate of drug-likeness (QED) is 0.783. The van der Waals surface area contributed by atoms with Crippen LogP contribution in [0.15, 0.2) is 0 Å². The number of rotatable bonds is 3. The van der Waals surface area contributed by atoms with Gasteiger partial charge >= 0.3 is 0 Å². The second kappa shape index (κ2) is 5.48. The van der Waals surface area contributed by atoms with Gasteiger partial charge in [-0.1, -0.05) is 19.8 Å². The number of aliphatic hydroxyl groups excluding tert-OH is 1. The number of carbonyl (C=O) groups is 1. The summed E-state index contributed by atoms with van der Waals surface area (Å²) in [6.45, 7) is 2.60. The highest BCUT2D eigenvalue weighted by Crippen LogP contribution is 2.41. The standard InChI is InChI=1S/C14H23N3O2/c1-10-6-11(7-15)17(8-10)13(19)12(16)14(9-18)4-2-3-5-14/h10-12,18H,2-6,8-9,16H2,1H3/t10?,11-,12?/m0/s1. The third-order valence-electron chi connectivity index (χ3n) is 4.78. The summed E-state index contributed by atoms with van der Waals surface area (Å²) < 4.78 is 0. The van der Waals surface area contributed by atoms with E-state index in [2.05, 4.69) is 6.07 Å². The molecule has 0 aromatic heterocycles. The molecular weight excluding hydrogens is 242 g/mol. The van der Waals surface area contributed by atoms with E-state index in [4.69, 9.17) is 11.0 Å². The molecule has 3 atom stereocenters. The van der Waals surface area contributed by atoms with Crippen molar-refractivity contribution in [2.45, 2.75) is 51.1 Å². The molecule has 19 heavy (non-hydrogen) atoms. The van der Waals surface area contributed by atoms with Crippen LogP contribution >= 0.6 is 0 Å². The monoisotopic (exact) mass is 265 g/mol. The Morgan fingerprint density at radius 1 is 1.58 bits per heavy atom. The van der Waals surface area contributed by atoms with Crippen LogP contribution in [0.25, 0.3) is 0 Å². The maximum absolute atomic E-state index is 12.5. The van der Waals surface area contributed by atoms with Crippen LogP contribution in [0.5, 0.6) is 0 Å². The molecule has 2 aliphatic rings. The number of aliphatic hydroxyl groups is 1. The van der Waals surface area contributed by atoms with E-state index in [0.717, 1.165) is 32.1 Å². The van der Waals surface area contributed by atoms with Gasteiger partial charge in [-0.05, 0) is 25.2 Å². The number of carbonyl (C=O) groups excluding carboxylic acids is 1. The van der Waals surface area contributed by atoms with Gasteiger partial charge in [0.1, 0.15) is 6.04 Å². The number of nitrogens with zero attached hydrogens (tertiary/aromatic N) is 2. The van der Waals surface area contributed by atoms with E-state index >= 15 is 0 Å². The summed E-state index contributed by atoms with van der Waals surface area (Å²) in [6.07, 6.45) is 4.36. The molecule has 3 N–H and O–H groups in total. The molecule has 106 valence electrons. The molecule has 0 spiro atoms. The van der Waals surface area contributed by atoms with Gasteiger partial charge in [0.2, 0.25) is 5.91 Å². The Labute approximate surface area is 114 Å². The number of hydrogen-bond donors (Lipinski definition) is 2. The van der Waals surface area contributed by atoms with Crippen LogP contribution in [0.1, 0.15) is 39.0 Å². The normalized spacial score (nSPS) is 31.2. The van der Waals surface area contributed by atoms with Gasteiger partial charge in [-0.3, -0.25) is 4.79 Å². The first-order valence-electron chi connectivity index (χ1n) is 7.10. The average Bonchev–Trinajstić information content (AvgIpc) is 3.03. The topological polar surface area (TPSA) is 90.4 Å². The Kier molecular flexibility index (Phi) is 4.12. The number of nitriles is 1. The Morgan fingerprint density at radius 3 is 2.74 bits per heavy atom. The summed E-state index contributed by atoms with van der Waals surface area (Å²) in [5.74, 6) is 0.182. The van der Waals surface area contributed by atoms with E-state index in [0.29, 0.717) is 12.5 Å². The Balaban J connectivity index is 2.13. The zero-order chi connectivity index (χ0) is 14.0. The largest absolute Gasteiger partial charge is 0.396 e.